The molecule has 0 unspecified atom stereocenters. The van der Waals surface area contributed by atoms with Gasteiger partial charge in [0, 0.05) is 0 Å². The van der Waals surface area contributed by atoms with Crippen molar-refractivity contribution in [2.45, 2.75) is 6.04 Å². The normalized spacial score (nSPS) is 11.2. The smallest absolute Gasteiger partial charge is 0.345 e. The number of thiophene rings is 1. The summed E-state index contributed by atoms with van der Waals surface area (Å²) in [6.45, 7) is 0. The highest BCUT2D eigenvalue weighted by Crippen LogP contribution is 2.18. The van der Waals surface area contributed by atoms with Crippen LogP contribution in [0.25, 0.3) is 0 Å². The van der Waals surface area contributed by atoms with E-state index in [1.165, 1.54) is 11.3 Å². The zero-order valence-corrected chi connectivity index (χ0v) is 8.65. The molecule has 0 spiro atoms. The van der Waals surface area contributed by atoms with Crippen LogP contribution >= 0.6 is 11.3 Å². The maximum Gasteiger partial charge on any atom is 0.345 e. The van der Waals surface area contributed by atoms with Crippen LogP contribution < -0.4 is 5.32 Å². The zero-order chi connectivity index (χ0) is 12.1. The molecule has 84 valence electrons. The molecule has 1 aromatic rings. The molecule has 6 nitrogen and oxygen atoms in total. The Bertz CT molecular complexity index is 446. The number of hydrogen-bond acceptors (Lipinski definition) is 5. The van der Waals surface area contributed by atoms with Crippen molar-refractivity contribution in [1.82, 2.24) is 0 Å². The van der Waals surface area contributed by atoms with Gasteiger partial charge in [-0.15, -0.1) is 11.3 Å². The van der Waals surface area contributed by atoms with Crippen LogP contribution in [0.15, 0.2) is 23.1 Å². The summed E-state index contributed by atoms with van der Waals surface area (Å²) in [5.74, 6) is -1.93. The molecule has 1 rings (SSSR count). The number of carboxylic acids is 2. The SMILES string of the molecule is O=C=C(C(=O)O)[C@H](Nc1cccs1)C(=O)O. The van der Waals surface area contributed by atoms with E-state index >= 15 is 0 Å². The lowest BCUT2D eigenvalue weighted by atomic mass is 10.1. The number of carboxylic acid groups (broad SMARTS) is 2. The Morgan fingerprint density at radius 1 is 1.44 bits per heavy atom. The molecule has 0 aliphatic rings. The van der Waals surface area contributed by atoms with Crippen LogP contribution in [-0.4, -0.2) is 34.1 Å². The fraction of sp³-hybridized carbons (Fsp3) is 0.111. The average Bonchev–Trinajstić information content (AvgIpc) is 2.69. The van der Waals surface area contributed by atoms with E-state index in [0.717, 1.165) is 5.94 Å². The molecular formula is C9H7NO5S. The summed E-state index contributed by atoms with van der Waals surface area (Å²) < 4.78 is 0. The van der Waals surface area contributed by atoms with Gasteiger partial charge < -0.3 is 15.5 Å². The van der Waals surface area contributed by atoms with Crippen molar-refractivity contribution in [3.05, 3.63) is 23.1 Å². The fourth-order valence-corrected chi connectivity index (χ4v) is 1.63. The summed E-state index contributed by atoms with van der Waals surface area (Å²) in [6.07, 6.45) is 0. The Kier molecular flexibility index (Phi) is 3.82. The minimum Gasteiger partial charge on any atom is -0.479 e. The first-order chi connectivity index (χ1) is 7.56. The lowest BCUT2D eigenvalue weighted by Crippen LogP contribution is -2.34. The van der Waals surface area contributed by atoms with Gasteiger partial charge in [0.15, 0.2) is 11.6 Å². The first kappa shape index (κ1) is 12.0. The molecule has 0 bridgehead atoms. The van der Waals surface area contributed by atoms with Crippen molar-refractivity contribution < 1.29 is 24.6 Å². The van der Waals surface area contributed by atoms with Crippen molar-refractivity contribution >= 4 is 34.2 Å². The van der Waals surface area contributed by atoms with Crippen LogP contribution in [0.4, 0.5) is 5.00 Å². The summed E-state index contributed by atoms with van der Waals surface area (Å²) >= 11 is 1.20. The maximum atomic E-state index is 10.8. The van der Waals surface area contributed by atoms with Gasteiger partial charge >= 0.3 is 11.9 Å². The van der Waals surface area contributed by atoms with Gasteiger partial charge in [0.25, 0.3) is 0 Å². The third kappa shape index (κ3) is 2.69. The number of carbonyl (C=O) groups excluding carboxylic acids is 1. The van der Waals surface area contributed by atoms with Crippen molar-refractivity contribution in [2.24, 2.45) is 0 Å². The molecule has 1 heterocycles. The summed E-state index contributed by atoms with van der Waals surface area (Å²) in [6, 6.07) is 1.63. The van der Waals surface area contributed by atoms with Gasteiger partial charge in [-0.25, -0.2) is 14.4 Å². The van der Waals surface area contributed by atoms with Gasteiger partial charge in [-0.1, -0.05) is 0 Å². The summed E-state index contributed by atoms with van der Waals surface area (Å²) in [5.41, 5.74) is -0.860. The van der Waals surface area contributed by atoms with Gasteiger partial charge in [0.2, 0.25) is 0 Å². The maximum absolute atomic E-state index is 10.8. The molecule has 16 heavy (non-hydrogen) atoms. The Labute approximate surface area is 93.8 Å². The zero-order valence-electron chi connectivity index (χ0n) is 7.84. The molecule has 1 aromatic heterocycles. The van der Waals surface area contributed by atoms with Crippen LogP contribution in [-0.2, 0) is 14.4 Å². The van der Waals surface area contributed by atoms with Gasteiger partial charge in [-0.3, -0.25) is 0 Å². The van der Waals surface area contributed by atoms with E-state index in [2.05, 4.69) is 5.32 Å². The van der Waals surface area contributed by atoms with Crippen molar-refractivity contribution in [3.63, 3.8) is 0 Å². The molecule has 0 aliphatic carbocycles. The molecule has 0 aromatic carbocycles. The van der Waals surface area contributed by atoms with E-state index < -0.39 is 23.6 Å². The van der Waals surface area contributed by atoms with E-state index in [4.69, 9.17) is 10.2 Å². The van der Waals surface area contributed by atoms with E-state index in [1.807, 2.05) is 0 Å². The van der Waals surface area contributed by atoms with Gasteiger partial charge in [-0.05, 0) is 17.5 Å². The van der Waals surface area contributed by atoms with Crippen molar-refractivity contribution in [1.29, 1.82) is 0 Å². The Morgan fingerprint density at radius 3 is 2.50 bits per heavy atom. The molecule has 0 saturated heterocycles. The number of carbonyl (C=O) groups is 2. The Hall–Kier alpha value is -2.11. The van der Waals surface area contributed by atoms with E-state index in [-0.39, 0.29) is 0 Å². The standard InChI is InChI=1S/C9H7NO5S/c11-4-5(8(12)13)7(9(14)15)10-6-2-1-3-16-6/h1-3,7,10H,(H,12,13)(H,14,15)/t7-/m0/s1. The summed E-state index contributed by atoms with van der Waals surface area (Å²) in [7, 11) is 0. The first-order valence-corrected chi connectivity index (χ1v) is 4.95. The van der Waals surface area contributed by atoms with Crippen LogP contribution in [0, 0.1) is 0 Å². The second-order valence-electron chi connectivity index (χ2n) is 2.71. The monoisotopic (exact) mass is 241 g/mol. The molecule has 0 fully saturated rings. The predicted molar refractivity (Wildman–Crippen MR) is 56.2 cm³/mol. The highest BCUT2D eigenvalue weighted by atomic mass is 32.1. The molecule has 3 N–H and O–H groups in total. The van der Waals surface area contributed by atoms with E-state index in [0.29, 0.717) is 5.00 Å². The van der Waals surface area contributed by atoms with Crippen LogP contribution in [0.3, 0.4) is 0 Å². The van der Waals surface area contributed by atoms with Gasteiger partial charge in [0.05, 0.1) is 5.00 Å². The van der Waals surface area contributed by atoms with Crippen molar-refractivity contribution in [2.75, 3.05) is 5.32 Å². The molecule has 0 amide bonds. The highest BCUT2D eigenvalue weighted by molar-refractivity contribution is 7.14. The average molecular weight is 241 g/mol. The predicted octanol–water partition coefficient (Wildman–Crippen LogP) is 0.456. The van der Waals surface area contributed by atoms with E-state index in [9.17, 15) is 14.4 Å². The molecular weight excluding hydrogens is 234 g/mol. The second kappa shape index (κ2) is 5.11. The summed E-state index contributed by atoms with van der Waals surface area (Å²) in [4.78, 5) is 31.8. The largest absolute Gasteiger partial charge is 0.479 e. The first-order valence-electron chi connectivity index (χ1n) is 4.07. The Balaban J connectivity index is 2.96. The minimum atomic E-state index is -1.61. The number of anilines is 1. The topological polar surface area (TPSA) is 104 Å². The van der Waals surface area contributed by atoms with Crippen LogP contribution in [0.2, 0.25) is 0 Å². The number of rotatable bonds is 5. The number of nitrogens with one attached hydrogen (secondary N) is 1. The fourth-order valence-electron chi connectivity index (χ4n) is 0.986. The molecule has 0 saturated carbocycles. The molecule has 0 aliphatic heterocycles. The van der Waals surface area contributed by atoms with Gasteiger partial charge in [-0.2, -0.15) is 0 Å². The van der Waals surface area contributed by atoms with Gasteiger partial charge in [0.1, 0.15) is 5.94 Å². The summed E-state index contributed by atoms with van der Waals surface area (Å²) in [5, 5.41) is 22.0. The molecule has 1 atom stereocenters. The number of hydrogen-bond donors (Lipinski definition) is 3. The van der Waals surface area contributed by atoms with Crippen molar-refractivity contribution in [3.8, 4) is 0 Å². The van der Waals surface area contributed by atoms with E-state index in [1.54, 1.807) is 17.5 Å². The lowest BCUT2D eigenvalue weighted by molar-refractivity contribution is -0.140. The van der Waals surface area contributed by atoms with Crippen LogP contribution in [0.1, 0.15) is 0 Å². The Morgan fingerprint density at radius 2 is 2.12 bits per heavy atom. The lowest BCUT2D eigenvalue weighted by Gasteiger charge is -2.12. The highest BCUT2D eigenvalue weighted by Gasteiger charge is 2.28. The minimum absolute atomic E-state index is 0.460. The third-order valence-electron chi connectivity index (χ3n) is 1.68. The van der Waals surface area contributed by atoms with Crippen LogP contribution in [0.5, 0.6) is 0 Å². The molecule has 0 radical (unpaired) electrons. The molecule has 7 heteroatoms. The third-order valence-corrected chi connectivity index (χ3v) is 2.48. The quantitative estimate of drug-likeness (QED) is 0.511. The number of aliphatic carboxylic acids is 2. The second-order valence-corrected chi connectivity index (χ2v) is 3.66.